The van der Waals surface area contributed by atoms with E-state index in [1.54, 1.807) is 24.3 Å². The standard InChI is InChI=1S/C25H24FN3O2S/c1-4-5-12-28-23(30)19(15-27)25-29(21-11-10-16(2)13-17(21)3)24(31)22(32-25)14-18-8-6-7-9-20(18)26/h6-11,13-14H,4-5,12H2,1-3H3,(H,28,30)/b22-14-,25-19-. The van der Waals surface area contributed by atoms with Gasteiger partial charge in [-0.05, 0) is 44.0 Å². The minimum atomic E-state index is -0.529. The zero-order valence-electron chi connectivity index (χ0n) is 18.2. The Morgan fingerprint density at radius 1 is 1.25 bits per heavy atom. The topological polar surface area (TPSA) is 74.9 Å². The molecule has 3 rings (SSSR count). The number of benzene rings is 2. The van der Waals surface area contributed by atoms with E-state index in [0.717, 1.165) is 35.3 Å². The third kappa shape index (κ3) is 4.87. The molecule has 0 saturated heterocycles. The second-order valence-electron chi connectivity index (χ2n) is 7.46. The van der Waals surface area contributed by atoms with Gasteiger partial charge in [0.25, 0.3) is 11.5 Å². The van der Waals surface area contributed by atoms with E-state index in [0.29, 0.717) is 12.2 Å². The van der Waals surface area contributed by atoms with Crippen LogP contribution >= 0.6 is 11.3 Å². The van der Waals surface area contributed by atoms with E-state index in [4.69, 9.17) is 0 Å². The van der Waals surface area contributed by atoms with Crippen molar-refractivity contribution in [3.63, 3.8) is 0 Å². The van der Waals surface area contributed by atoms with Crippen LogP contribution in [0.5, 0.6) is 0 Å². The van der Waals surface area contributed by atoms with E-state index in [1.165, 1.54) is 16.7 Å². The normalized spacial score (nSPS) is 12.4. The molecule has 1 heterocycles. The first-order chi connectivity index (χ1) is 15.4. The molecular formula is C25H24FN3O2S. The van der Waals surface area contributed by atoms with E-state index in [-0.39, 0.29) is 20.3 Å². The van der Waals surface area contributed by atoms with Gasteiger partial charge in [-0.2, -0.15) is 5.26 Å². The number of nitriles is 1. The Morgan fingerprint density at radius 3 is 2.66 bits per heavy atom. The van der Waals surface area contributed by atoms with Gasteiger partial charge in [-0.15, -0.1) is 11.3 Å². The summed E-state index contributed by atoms with van der Waals surface area (Å²) in [7, 11) is 0. The van der Waals surface area contributed by atoms with Crippen LogP contribution in [0.25, 0.3) is 17.3 Å². The molecule has 0 aliphatic carbocycles. The van der Waals surface area contributed by atoms with Crippen molar-refractivity contribution < 1.29 is 9.18 Å². The fourth-order valence-corrected chi connectivity index (χ4v) is 4.41. The van der Waals surface area contributed by atoms with Crippen LogP contribution in [0.15, 0.2) is 47.3 Å². The lowest BCUT2D eigenvalue weighted by atomic mass is 10.1. The van der Waals surface area contributed by atoms with Crippen LogP contribution in [0.1, 0.15) is 36.5 Å². The molecule has 1 amide bonds. The molecule has 0 aliphatic heterocycles. The number of unbranched alkanes of at least 4 members (excludes halogenated alkanes) is 1. The molecule has 0 bridgehead atoms. The van der Waals surface area contributed by atoms with Gasteiger partial charge in [0.1, 0.15) is 16.5 Å². The number of hydrogen-bond donors (Lipinski definition) is 1. The summed E-state index contributed by atoms with van der Waals surface area (Å²) < 4.78 is 16.1. The predicted molar refractivity (Wildman–Crippen MR) is 126 cm³/mol. The number of halogens is 1. The van der Waals surface area contributed by atoms with Crippen LogP contribution in [0, 0.1) is 31.0 Å². The van der Waals surface area contributed by atoms with Gasteiger partial charge in [-0.3, -0.25) is 14.2 Å². The number of rotatable bonds is 6. The smallest absolute Gasteiger partial charge is 0.273 e. The average Bonchev–Trinajstić information content (AvgIpc) is 3.06. The Hall–Kier alpha value is -3.50. The van der Waals surface area contributed by atoms with E-state index in [1.807, 2.05) is 39.0 Å². The van der Waals surface area contributed by atoms with Crippen molar-refractivity contribution in [1.29, 1.82) is 5.26 Å². The molecule has 32 heavy (non-hydrogen) atoms. The van der Waals surface area contributed by atoms with E-state index in [9.17, 15) is 19.2 Å². The minimum absolute atomic E-state index is 0.142. The van der Waals surface area contributed by atoms with Gasteiger partial charge in [-0.1, -0.05) is 49.2 Å². The second-order valence-corrected chi connectivity index (χ2v) is 8.49. The number of thiazole rings is 1. The Kier molecular flexibility index (Phi) is 7.39. The molecule has 2 aromatic carbocycles. The first-order valence-electron chi connectivity index (χ1n) is 10.4. The number of carbonyl (C=O) groups excluding carboxylic acids is 1. The fourth-order valence-electron chi connectivity index (χ4n) is 3.32. The number of aromatic nitrogens is 1. The summed E-state index contributed by atoms with van der Waals surface area (Å²) in [6.07, 6.45) is 3.14. The van der Waals surface area contributed by atoms with Gasteiger partial charge >= 0.3 is 0 Å². The van der Waals surface area contributed by atoms with Crippen LogP contribution in [-0.4, -0.2) is 17.0 Å². The lowest BCUT2D eigenvalue weighted by molar-refractivity contribution is -0.115. The molecule has 164 valence electrons. The summed E-state index contributed by atoms with van der Waals surface area (Å²) in [5.74, 6) is -0.986. The van der Waals surface area contributed by atoms with Crippen molar-refractivity contribution in [2.75, 3.05) is 6.54 Å². The molecule has 0 atom stereocenters. The molecule has 0 spiro atoms. The highest BCUT2D eigenvalue weighted by atomic mass is 32.1. The van der Waals surface area contributed by atoms with Gasteiger partial charge in [0.2, 0.25) is 0 Å². The van der Waals surface area contributed by atoms with Gasteiger partial charge in [-0.25, -0.2) is 4.39 Å². The van der Waals surface area contributed by atoms with E-state index >= 15 is 0 Å². The van der Waals surface area contributed by atoms with E-state index in [2.05, 4.69) is 5.32 Å². The molecule has 3 aromatic rings. The number of amides is 1. The Bertz CT molecular complexity index is 1380. The van der Waals surface area contributed by atoms with Crippen molar-refractivity contribution in [2.24, 2.45) is 0 Å². The molecule has 0 radical (unpaired) electrons. The molecular weight excluding hydrogens is 425 g/mol. The van der Waals surface area contributed by atoms with Crippen molar-refractivity contribution >= 4 is 28.9 Å². The summed E-state index contributed by atoms with van der Waals surface area (Å²) in [5, 5.41) is 12.5. The minimum Gasteiger partial charge on any atom is -0.351 e. The first kappa shape index (κ1) is 23.2. The fraction of sp³-hybridized carbons (Fsp3) is 0.240. The third-order valence-electron chi connectivity index (χ3n) is 4.98. The lowest BCUT2D eigenvalue weighted by Crippen LogP contribution is -2.34. The Morgan fingerprint density at radius 2 is 2.00 bits per heavy atom. The van der Waals surface area contributed by atoms with E-state index < -0.39 is 17.3 Å². The number of nitrogens with one attached hydrogen (secondary N) is 1. The molecule has 1 aromatic heterocycles. The lowest BCUT2D eigenvalue weighted by Gasteiger charge is -2.09. The zero-order chi connectivity index (χ0) is 23.3. The molecule has 0 saturated carbocycles. The number of nitrogens with zero attached hydrogens (tertiary/aromatic N) is 2. The van der Waals surface area contributed by atoms with Crippen molar-refractivity contribution in [2.45, 2.75) is 33.6 Å². The maximum absolute atomic E-state index is 14.2. The zero-order valence-corrected chi connectivity index (χ0v) is 19.1. The maximum atomic E-state index is 14.2. The molecule has 5 nitrogen and oxygen atoms in total. The van der Waals surface area contributed by atoms with Crippen molar-refractivity contribution in [1.82, 2.24) is 9.88 Å². The average molecular weight is 450 g/mol. The van der Waals surface area contributed by atoms with Crippen LogP contribution < -0.4 is 20.1 Å². The number of hydrogen-bond acceptors (Lipinski definition) is 4. The molecule has 0 unspecified atom stereocenters. The number of carbonyl (C=O) groups is 1. The highest BCUT2D eigenvalue weighted by molar-refractivity contribution is 7.07. The van der Waals surface area contributed by atoms with Gasteiger partial charge in [0.05, 0.1) is 10.2 Å². The quantitative estimate of drug-likeness (QED) is 0.588. The molecule has 0 fully saturated rings. The Balaban J connectivity index is 2.35. The van der Waals surface area contributed by atoms with Crippen LogP contribution in [0.2, 0.25) is 0 Å². The number of aryl methyl sites for hydroxylation is 2. The Labute approximate surface area is 189 Å². The highest BCUT2D eigenvalue weighted by Crippen LogP contribution is 2.13. The molecule has 7 heteroatoms. The summed E-state index contributed by atoms with van der Waals surface area (Å²) in [5.41, 5.74) is 2.14. The third-order valence-corrected chi connectivity index (χ3v) is 6.07. The van der Waals surface area contributed by atoms with Crippen LogP contribution in [-0.2, 0) is 4.79 Å². The second kappa shape index (κ2) is 10.2. The van der Waals surface area contributed by atoms with Gasteiger partial charge in [0.15, 0.2) is 5.57 Å². The predicted octanol–water partition coefficient (Wildman–Crippen LogP) is 3.07. The monoisotopic (exact) mass is 449 g/mol. The first-order valence-corrected chi connectivity index (χ1v) is 11.2. The summed E-state index contributed by atoms with van der Waals surface area (Å²) >= 11 is 1.01. The summed E-state index contributed by atoms with van der Waals surface area (Å²) in [4.78, 5) is 26.2. The van der Waals surface area contributed by atoms with Crippen LogP contribution in [0.4, 0.5) is 4.39 Å². The van der Waals surface area contributed by atoms with Gasteiger partial charge < -0.3 is 5.32 Å². The SMILES string of the molecule is CCCCNC(=O)/C(C#N)=c1\s/c(=C\c2ccccc2F)c(=O)n1-c1ccc(C)cc1C. The molecule has 1 N–H and O–H groups in total. The highest BCUT2D eigenvalue weighted by Gasteiger charge is 2.18. The maximum Gasteiger partial charge on any atom is 0.273 e. The van der Waals surface area contributed by atoms with Crippen molar-refractivity contribution in [3.05, 3.63) is 84.5 Å². The van der Waals surface area contributed by atoms with Crippen LogP contribution in [0.3, 0.4) is 0 Å². The molecule has 0 aliphatic rings. The van der Waals surface area contributed by atoms with Gasteiger partial charge in [0, 0.05) is 12.1 Å². The van der Waals surface area contributed by atoms with Crippen molar-refractivity contribution in [3.8, 4) is 11.8 Å². The summed E-state index contributed by atoms with van der Waals surface area (Å²) in [6, 6.07) is 13.7. The largest absolute Gasteiger partial charge is 0.351 e. The summed E-state index contributed by atoms with van der Waals surface area (Å²) in [6.45, 7) is 6.25.